The van der Waals surface area contributed by atoms with Crippen LogP contribution < -0.4 is 5.73 Å². The zero-order valence-electron chi connectivity index (χ0n) is 9.23. The lowest BCUT2D eigenvalue weighted by Gasteiger charge is -2.06. The molecular formula is C11H12FNO4. The number of nitrogen functional groups attached to an aromatic ring is 1. The number of rotatable bonds is 4. The summed E-state index contributed by atoms with van der Waals surface area (Å²) in [5, 5.41) is 0. The second-order valence-electron chi connectivity index (χ2n) is 3.19. The normalized spacial score (nSPS) is 9.76. The van der Waals surface area contributed by atoms with E-state index in [1.165, 1.54) is 13.2 Å². The summed E-state index contributed by atoms with van der Waals surface area (Å²) in [6, 6.07) is 3.39. The zero-order chi connectivity index (χ0) is 12.8. The monoisotopic (exact) mass is 241 g/mol. The minimum absolute atomic E-state index is 0.0581. The first-order chi connectivity index (χ1) is 8.04. The van der Waals surface area contributed by atoms with E-state index in [2.05, 4.69) is 4.74 Å². The molecule has 0 radical (unpaired) electrons. The molecule has 6 heteroatoms. The predicted molar refractivity (Wildman–Crippen MR) is 57.7 cm³/mol. The van der Waals surface area contributed by atoms with Gasteiger partial charge in [0.15, 0.2) is 0 Å². The Morgan fingerprint density at radius 2 is 2.12 bits per heavy atom. The topological polar surface area (TPSA) is 78.6 Å². The van der Waals surface area contributed by atoms with E-state index in [1.807, 2.05) is 0 Å². The van der Waals surface area contributed by atoms with Crippen LogP contribution in [0.15, 0.2) is 18.2 Å². The molecule has 0 aliphatic rings. The third-order valence-corrected chi connectivity index (χ3v) is 2.00. The molecule has 2 N–H and O–H groups in total. The highest BCUT2D eigenvalue weighted by Crippen LogP contribution is 2.14. The van der Waals surface area contributed by atoms with Crippen LogP contribution in [0, 0.1) is 5.82 Å². The lowest BCUT2D eigenvalue weighted by atomic mass is 10.2. The SMILES string of the molecule is COC(=O)CCOC(=O)c1cc(F)ccc1N. The lowest BCUT2D eigenvalue weighted by molar-refractivity contribution is -0.141. The standard InChI is InChI=1S/C11H12FNO4/c1-16-10(14)4-5-17-11(15)8-6-7(12)2-3-9(8)13/h2-3,6H,4-5,13H2,1H3. The van der Waals surface area contributed by atoms with Gasteiger partial charge in [-0.1, -0.05) is 0 Å². The van der Waals surface area contributed by atoms with Crippen molar-refractivity contribution in [2.24, 2.45) is 0 Å². The molecule has 92 valence electrons. The van der Waals surface area contributed by atoms with Crippen molar-refractivity contribution >= 4 is 17.6 Å². The van der Waals surface area contributed by atoms with Crippen LogP contribution in [0.4, 0.5) is 10.1 Å². The van der Waals surface area contributed by atoms with E-state index >= 15 is 0 Å². The fraction of sp³-hybridized carbons (Fsp3) is 0.273. The molecule has 0 aliphatic carbocycles. The van der Waals surface area contributed by atoms with Gasteiger partial charge in [0, 0.05) is 5.69 Å². The molecule has 1 aromatic rings. The van der Waals surface area contributed by atoms with Crippen LogP contribution in [-0.2, 0) is 14.3 Å². The summed E-state index contributed by atoms with van der Waals surface area (Å²) in [4.78, 5) is 22.2. The van der Waals surface area contributed by atoms with Gasteiger partial charge >= 0.3 is 11.9 Å². The third kappa shape index (κ3) is 3.75. The Kier molecular flexibility index (Phi) is 4.45. The number of benzene rings is 1. The van der Waals surface area contributed by atoms with Crippen LogP contribution in [0.3, 0.4) is 0 Å². The summed E-state index contributed by atoms with van der Waals surface area (Å²) in [5.41, 5.74) is 5.55. The molecule has 0 saturated carbocycles. The van der Waals surface area contributed by atoms with Crippen molar-refractivity contribution in [3.05, 3.63) is 29.6 Å². The quantitative estimate of drug-likeness (QED) is 0.631. The van der Waals surface area contributed by atoms with Crippen LogP contribution >= 0.6 is 0 Å². The Labute approximate surface area is 97.3 Å². The van der Waals surface area contributed by atoms with E-state index in [0.29, 0.717) is 0 Å². The summed E-state index contributed by atoms with van der Waals surface area (Å²) in [6.45, 7) is -0.137. The Balaban J connectivity index is 2.58. The smallest absolute Gasteiger partial charge is 0.340 e. The van der Waals surface area contributed by atoms with Crippen LogP contribution in [0.25, 0.3) is 0 Å². The fourth-order valence-corrected chi connectivity index (χ4v) is 1.11. The number of nitrogens with two attached hydrogens (primary N) is 1. The van der Waals surface area contributed by atoms with Crippen LogP contribution in [0.5, 0.6) is 0 Å². The molecule has 0 fully saturated rings. The number of carbonyl (C=O) groups is 2. The van der Waals surface area contributed by atoms with Gasteiger partial charge in [-0.3, -0.25) is 4.79 Å². The van der Waals surface area contributed by atoms with Gasteiger partial charge in [0.25, 0.3) is 0 Å². The molecule has 0 heterocycles. The first kappa shape index (κ1) is 13.0. The molecule has 1 rings (SSSR count). The molecule has 5 nitrogen and oxygen atoms in total. The highest BCUT2D eigenvalue weighted by Gasteiger charge is 2.13. The Bertz CT molecular complexity index is 433. The van der Waals surface area contributed by atoms with E-state index in [4.69, 9.17) is 10.5 Å². The molecule has 0 saturated heterocycles. The highest BCUT2D eigenvalue weighted by atomic mass is 19.1. The van der Waals surface area contributed by atoms with Gasteiger partial charge in [0.05, 0.1) is 19.1 Å². The fourth-order valence-electron chi connectivity index (χ4n) is 1.11. The van der Waals surface area contributed by atoms with E-state index in [1.54, 1.807) is 0 Å². The van der Waals surface area contributed by atoms with Crippen molar-refractivity contribution in [3.8, 4) is 0 Å². The van der Waals surface area contributed by atoms with Gasteiger partial charge in [-0.05, 0) is 18.2 Å². The second kappa shape index (κ2) is 5.83. The average Bonchev–Trinajstić information content (AvgIpc) is 2.31. The van der Waals surface area contributed by atoms with Gasteiger partial charge in [-0.2, -0.15) is 0 Å². The van der Waals surface area contributed by atoms with E-state index < -0.39 is 17.8 Å². The molecule has 0 unspecified atom stereocenters. The maximum atomic E-state index is 12.9. The summed E-state index contributed by atoms with van der Waals surface area (Å²) in [7, 11) is 1.23. The molecule has 0 aromatic heterocycles. The Morgan fingerprint density at radius 3 is 2.76 bits per heavy atom. The summed E-state index contributed by atoms with van der Waals surface area (Å²) in [5.74, 6) is -1.85. The van der Waals surface area contributed by atoms with Gasteiger partial charge in [-0.25, -0.2) is 9.18 Å². The molecule has 1 aromatic carbocycles. The molecule has 17 heavy (non-hydrogen) atoms. The Morgan fingerprint density at radius 1 is 1.41 bits per heavy atom. The van der Waals surface area contributed by atoms with Gasteiger partial charge in [0.1, 0.15) is 12.4 Å². The summed E-state index contributed by atoms with van der Waals surface area (Å²) < 4.78 is 22.0. The van der Waals surface area contributed by atoms with Crippen molar-refractivity contribution in [2.45, 2.75) is 6.42 Å². The number of ether oxygens (including phenoxy) is 2. The predicted octanol–water partition coefficient (Wildman–Crippen LogP) is 1.13. The number of methoxy groups -OCH3 is 1. The van der Waals surface area contributed by atoms with Crippen molar-refractivity contribution < 1.29 is 23.5 Å². The largest absolute Gasteiger partial charge is 0.469 e. The summed E-state index contributed by atoms with van der Waals surface area (Å²) in [6.07, 6.45) is -0.0581. The van der Waals surface area contributed by atoms with Gasteiger partial charge in [0.2, 0.25) is 0 Å². The van der Waals surface area contributed by atoms with Crippen molar-refractivity contribution in [2.75, 3.05) is 19.5 Å². The highest BCUT2D eigenvalue weighted by molar-refractivity contribution is 5.95. The van der Waals surface area contributed by atoms with Crippen LogP contribution in [0.2, 0.25) is 0 Å². The number of carbonyl (C=O) groups excluding carboxylic acids is 2. The number of halogens is 1. The zero-order valence-corrected chi connectivity index (χ0v) is 9.23. The maximum Gasteiger partial charge on any atom is 0.340 e. The van der Waals surface area contributed by atoms with Gasteiger partial charge < -0.3 is 15.2 Å². The number of anilines is 1. The lowest BCUT2D eigenvalue weighted by Crippen LogP contribution is -2.12. The van der Waals surface area contributed by atoms with Crippen molar-refractivity contribution in [1.82, 2.24) is 0 Å². The molecular weight excluding hydrogens is 229 g/mol. The number of esters is 2. The minimum Gasteiger partial charge on any atom is -0.469 e. The summed E-state index contributed by atoms with van der Waals surface area (Å²) >= 11 is 0. The first-order valence-corrected chi connectivity index (χ1v) is 4.83. The molecule has 0 spiro atoms. The third-order valence-electron chi connectivity index (χ3n) is 2.00. The van der Waals surface area contributed by atoms with E-state index in [0.717, 1.165) is 12.1 Å². The number of hydrogen-bond acceptors (Lipinski definition) is 5. The second-order valence-corrected chi connectivity index (χ2v) is 3.19. The molecule has 0 atom stereocenters. The maximum absolute atomic E-state index is 12.9. The van der Waals surface area contributed by atoms with Crippen molar-refractivity contribution in [1.29, 1.82) is 0 Å². The van der Waals surface area contributed by atoms with Crippen LogP contribution in [-0.4, -0.2) is 25.7 Å². The van der Waals surface area contributed by atoms with Gasteiger partial charge in [-0.15, -0.1) is 0 Å². The van der Waals surface area contributed by atoms with E-state index in [9.17, 15) is 14.0 Å². The van der Waals surface area contributed by atoms with E-state index in [-0.39, 0.29) is 24.3 Å². The molecule has 0 aliphatic heterocycles. The first-order valence-electron chi connectivity index (χ1n) is 4.83. The Hall–Kier alpha value is -2.11. The molecule has 0 amide bonds. The minimum atomic E-state index is -0.772. The average molecular weight is 241 g/mol. The molecule has 0 bridgehead atoms. The van der Waals surface area contributed by atoms with Crippen molar-refractivity contribution in [3.63, 3.8) is 0 Å². The van der Waals surface area contributed by atoms with Crippen LogP contribution in [0.1, 0.15) is 16.8 Å². The number of hydrogen-bond donors (Lipinski definition) is 1.